The molecule has 0 atom stereocenters. The number of aryl methyl sites for hydroxylation is 3. The highest BCUT2D eigenvalue weighted by atomic mass is 32.2. The maximum Gasteiger partial charge on any atom is 0.406 e. The molecule has 9 heteroatoms. The molecular formula is C20H26F3N3O2S. The smallest absolute Gasteiger partial charge is 0.406 e. The fourth-order valence-corrected chi connectivity index (χ4v) is 4.40. The van der Waals surface area contributed by atoms with E-state index in [1.807, 2.05) is 45.9 Å². The lowest BCUT2D eigenvalue weighted by atomic mass is 10.1. The lowest BCUT2D eigenvalue weighted by molar-refractivity contribution is -0.142. The van der Waals surface area contributed by atoms with Crippen LogP contribution in [-0.2, 0) is 17.7 Å². The Labute approximate surface area is 172 Å². The maximum absolute atomic E-state index is 13.3. The summed E-state index contributed by atoms with van der Waals surface area (Å²) >= 11 is 1.30. The van der Waals surface area contributed by atoms with Gasteiger partial charge in [0.05, 0.1) is 12.3 Å². The number of amides is 1. The number of aromatic nitrogens is 2. The topological polar surface area (TPSA) is 70.1 Å². The van der Waals surface area contributed by atoms with E-state index in [1.165, 1.54) is 16.3 Å². The minimum absolute atomic E-state index is 0.0325. The lowest BCUT2D eigenvalue weighted by Crippen LogP contribution is -2.21. The highest BCUT2D eigenvalue weighted by molar-refractivity contribution is 7.99. The third-order valence-corrected chi connectivity index (χ3v) is 5.20. The second kappa shape index (κ2) is 9.56. The molecule has 1 amide bonds. The maximum atomic E-state index is 13.3. The van der Waals surface area contributed by atoms with E-state index < -0.39 is 18.8 Å². The molecule has 0 saturated carbocycles. The van der Waals surface area contributed by atoms with Gasteiger partial charge in [0.25, 0.3) is 0 Å². The largest absolute Gasteiger partial charge is 0.450 e. The third kappa shape index (κ3) is 6.99. The zero-order valence-electron chi connectivity index (χ0n) is 17.0. The van der Waals surface area contributed by atoms with Crippen molar-refractivity contribution < 1.29 is 22.7 Å². The first-order valence-electron chi connectivity index (χ1n) is 9.30. The summed E-state index contributed by atoms with van der Waals surface area (Å²) in [6.45, 7) is 6.64. The van der Waals surface area contributed by atoms with E-state index in [9.17, 15) is 18.0 Å². The fraction of sp³-hybridized carbons (Fsp3) is 0.500. The van der Waals surface area contributed by atoms with Crippen LogP contribution in [0.15, 0.2) is 28.1 Å². The summed E-state index contributed by atoms with van der Waals surface area (Å²) in [6.07, 6.45) is -4.71. The Morgan fingerprint density at radius 2 is 1.86 bits per heavy atom. The van der Waals surface area contributed by atoms with Crippen LogP contribution < -0.4 is 5.73 Å². The van der Waals surface area contributed by atoms with Crippen molar-refractivity contribution in [1.82, 2.24) is 9.55 Å². The van der Waals surface area contributed by atoms with Crippen LogP contribution in [0.3, 0.4) is 0 Å². The van der Waals surface area contributed by atoms with E-state index in [0.717, 1.165) is 16.0 Å². The van der Waals surface area contributed by atoms with Gasteiger partial charge >= 0.3 is 12.3 Å². The van der Waals surface area contributed by atoms with Crippen LogP contribution in [-0.4, -0.2) is 28.4 Å². The molecule has 0 saturated heterocycles. The van der Waals surface area contributed by atoms with Crippen LogP contribution in [0.5, 0.6) is 0 Å². The number of benzene rings is 1. The lowest BCUT2D eigenvalue weighted by Gasteiger charge is -2.15. The quantitative estimate of drug-likeness (QED) is 0.573. The van der Waals surface area contributed by atoms with Gasteiger partial charge in [-0.05, 0) is 49.4 Å². The Morgan fingerprint density at radius 3 is 2.38 bits per heavy atom. The molecule has 1 aromatic heterocycles. The number of rotatable bonds is 8. The zero-order valence-corrected chi connectivity index (χ0v) is 17.8. The van der Waals surface area contributed by atoms with Gasteiger partial charge in [0.2, 0.25) is 0 Å². The van der Waals surface area contributed by atoms with E-state index >= 15 is 0 Å². The molecular weight excluding hydrogens is 403 g/mol. The van der Waals surface area contributed by atoms with Crippen LogP contribution in [0.25, 0.3) is 0 Å². The second-order valence-electron chi connectivity index (χ2n) is 7.27. The molecule has 0 aliphatic rings. The molecule has 2 rings (SSSR count). The summed E-state index contributed by atoms with van der Waals surface area (Å²) in [6, 6.07) is 5.92. The highest BCUT2D eigenvalue weighted by Gasteiger charge is 2.32. The van der Waals surface area contributed by atoms with E-state index in [4.69, 9.17) is 5.73 Å². The Balaban J connectivity index is 2.43. The molecule has 1 aromatic carbocycles. The van der Waals surface area contributed by atoms with Gasteiger partial charge in [0, 0.05) is 11.3 Å². The monoisotopic (exact) mass is 429 g/mol. The standard InChI is InChI=1S/C20H26F3N3O2S/c1-12(2)17-18(29-15-9-13(3)8-14(4)10-15)26(11-20(21,22)23)16(25-17)6-5-7-28-19(24)27/h8-10,12H,5-7,11H2,1-4H3,(H2,24,27). The molecule has 0 unspecified atom stereocenters. The summed E-state index contributed by atoms with van der Waals surface area (Å²) < 4.78 is 45.9. The van der Waals surface area contributed by atoms with Crippen LogP contribution >= 0.6 is 11.8 Å². The van der Waals surface area contributed by atoms with Crippen LogP contribution in [0.1, 0.15) is 48.8 Å². The van der Waals surface area contributed by atoms with Gasteiger partial charge in [0.15, 0.2) is 0 Å². The molecule has 0 fully saturated rings. The van der Waals surface area contributed by atoms with Crippen molar-refractivity contribution in [3.05, 3.63) is 40.8 Å². The molecule has 0 bridgehead atoms. The van der Waals surface area contributed by atoms with Crippen molar-refractivity contribution in [2.24, 2.45) is 5.73 Å². The van der Waals surface area contributed by atoms with Gasteiger partial charge in [-0.25, -0.2) is 9.78 Å². The van der Waals surface area contributed by atoms with E-state index in [1.54, 1.807) is 0 Å². The number of carbonyl (C=O) groups is 1. The predicted molar refractivity (Wildman–Crippen MR) is 106 cm³/mol. The van der Waals surface area contributed by atoms with Gasteiger partial charge in [0.1, 0.15) is 17.4 Å². The summed E-state index contributed by atoms with van der Waals surface area (Å²) in [5.74, 6) is 0.282. The number of hydrogen-bond acceptors (Lipinski definition) is 4. The number of nitrogens with zero attached hydrogens (tertiary/aromatic N) is 2. The summed E-state index contributed by atoms with van der Waals surface area (Å²) in [7, 11) is 0. The Bertz CT molecular complexity index is 843. The van der Waals surface area contributed by atoms with Gasteiger partial charge in [-0.3, -0.25) is 0 Å². The number of carbonyl (C=O) groups excluding carboxylic acids is 1. The predicted octanol–water partition coefficient (Wildman–Crippen LogP) is 5.36. The van der Waals surface area contributed by atoms with Crippen molar-refractivity contribution in [1.29, 1.82) is 0 Å². The van der Waals surface area contributed by atoms with Gasteiger partial charge in [-0.2, -0.15) is 13.2 Å². The minimum Gasteiger partial charge on any atom is -0.450 e. The SMILES string of the molecule is Cc1cc(C)cc(Sc2c(C(C)C)nc(CCCOC(N)=O)n2CC(F)(F)F)c1. The second-order valence-corrected chi connectivity index (χ2v) is 8.33. The van der Waals surface area contributed by atoms with Crippen molar-refractivity contribution in [3.63, 3.8) is 0 Å². The van der Waals surface area contributed by atoms with Crippen LogP contribution in [0, 0.1) is 13.8 Å². The molecule has 0 radical (unpaired) electrons. The van der Waals surface area contributed by atoms with Crippen LogP contribution in [0.2, 0.25) is 0 Å². The summed E-state index contributed by atoms with van der Waals surface area (Å²) in [4.78, 5) is 16.1. The van der Waals surface area contributed by atoms with Crippen molar-refractivity contribution in [2.45, 2.75) is 69.1 Å². The van der Waals surface area contributed by atoms with Gasteiger partial charge < -0.3 is 15.0 Å². The number of nitrogens with two attached hydrogens (primary N) is 1. The zero-order chi connectivity index (χ0) is 21.8. The first-order valence-corrected chi connectivity index (χ1v) is 10.1. The molecule has 0 aliphatic carbocycles. The highest BCUT2D eigenvalue weighted by Crippen LogP contribution is 2.37. The Hall–Kier alpha value is -2.16. The summed E-state index contributed by atoms with van der Waals surface area (Å²) in [5.41, 5.74) is 7.65. The first kappa shape index (κ1) is 23.1. The molecule has 0 aliphatic heterocycles. The van der Waals surface area contributed by atoms with Crippen molar-refractivity contribution >= 4 is 17.9 Å². The number of primary amides is 1. The Morgan fingerprint density at radius 1 is 1.24 bits per heavy atom. The molecule has 0 spiro atoms. The van der Waals surface area contributed by atoms with Gasteiger partial charge in [-0.15, -0.1) is 0 Å². The number of alkyl halides is 3. The summed E-state index contributed by atoms with van der Waals surface area (Å²) in [5, 5.41) is 0.494. The number of imidazole rings is 1. The average Bonchev–Trinajstić information content (AvgIpc) is 2.87. The first-order chi connectivity index (χ1) is 13.5. The average molecular weight is 430 g/mol. The molecule has 29 heavy (non-hydrogen) atoms. The molecule has 5 nitrogen and oxygen atoms in total. The number of hydrogen-bond donors (Lipinski definition) is 1. The van der Waals surface area contributed by atoms with Crippen LogP contribution in [0.4, 0.5) is 18.0 Å². The normalized spacial score (nSPS) is 11.9. The van der Waals surface area contributed by atoms with E-state index in [2.05, 4.69) is 9.72 Å². The molecule has 2 N–H and O–H groups in total. The van der Waals surface area contributed by atoms with Crippen molar-refractivity contribution in [3.8, 4) is 0 Å². The number of halogens is 3. The molecule has 160 valence electrons. The van der Waals surface area contributed by atoms with Crippen molar-refractivity contribution in [2.75, 3.05) is 6.61 Å². The van der Waals surface area contributed by atoms with E-state index in [-0.39, 0.29) is 18.9 Å². The minimum atomic E-state index is -4.38. The molecule has 1 heterocycles. The molecule has 2 aromatic rings. The number of ether oxygens (including phenoxy) is 1. The van der Waals surface area contributed by atoms with E-state index in [0.29, 0.717) is 23.0 Å². The van der Waals surface area contributed by atoms with Gasteiger partial charge in [-0.1, -0.05) is 31.7 Å². The Kier molecular flexibility index (Phi) is 7.62. The third-order valence-electron chi connectivity index (χ3n) is 4.11. The fourth-order valence-electron chi connectivity index (χ4n) is 3.03.